The first-order chi connectivity index (χ1) is 10.4. The fourth-order valence-corrected chi connectivity index (χ4v) is 3.67. The first-order valence-corrected chi connectivity index (χ1v) is 8.69. The van der Waals surface area contributed by atoms with Crippen molar-refractivity contribution in [3.63, 3.8) is 0 Å². The van der Waals surface area contributed by atoms with Crippen molar-refractivity contribution in [2.24, 2.45) is 0 Å². The smallest absolute Gasteiger partial charge is 0.0452 e. The van der Waals surface area contributed by atoms with Crippen molar-refractivity contribution in [1.29, 1.82) is 0 Å². The standard InChI is InChI=1S/C18H22N2S/c1-3-7-16(8-4-1)13-19-18(14-20-11-12-21-15-20)17-9-5-2-6-10-17/h1-10,18-19H,11-15H2. The van der Waals surface area contributed by atoms with E-state index in [0.717, 1.165) is 19.0 Å². The largest absolute Gasteiger partial charge is 0.305 e. The summed E-state index contributed by atoms with van der Waals surface area (Å²) in [6, 6.07) is 21.8. The molecule has 1 fully saturated rings. The molecule has 0 spiro atoms. The molecule has 110 valence electrons. The fraction of sp³-hybridized carbons (Fsp3) is 0.333. The van der Waals surface area contributed by atoms with Gasteiger partial charge in [0.25, 0.3) is 0 Å². The van der Waals surface area contributed by atoms with E-state index in [0.29, 0.717) is 6.04 Å². The molecular formula is C18H22N2S. The number of rotatable bonds is 6. The molecule has 0 saturated carbocycles. The molecular weight excluding hydrogens is 276 g/mol. The van der Waals surface area contributed by atoms with Crippen LogP contribution in [-0.2, 0) is 6.54 Å². The van der Waals surface area contributed by atoms with E-state index in [2.05, 4.69) is 70.9 Å². The molecule has 21 heavy (non-hydrogen) atoms. The Kier molecular flexibility index (Phi) is 5.33. The SMILES string of the molecule is c1ccc(CNC(CN2CCSC2)c2ccccc2)cc1. The van der Waals surface area contributed by atoms with Gasteiger partial charge in [0.15, 0.2) is 0 Å². The zero-order valence-corrected chi connectivity index (χ0v) is 13.1. The second-order valence-electron chi connectivity index (χ2n) is 5.44. The Bertz CT molecular complexity index is 523. The molecule has 0 radical (unpaired) electrons. The Hall–Kier alpha value is -1.29. The zero-order valence-electron chi connectivity index (χ0n) is 12.2. The lowest BCUT2D eigenvalue weighted by molar-refractivity contribution is 0.304. The minimum absolute atomic E-state index is 0.394. The summed E-state index contributed by atoms with van der Waals surface area (Å²) in [6.07, 6.45) is 0. The number of hydrogen-bond acceptors (Lipinski definition) is 3. The lowest BCUT2D eigenvalue weighted by atomic mass is 10.1. The minimum atomic E-state index is 0.394. The van der Waals surface area contributed by atoms with Gasteiger partial charge in [0.05, 0.1) is 0 Å². The van der Waals surface area contributed by atoms with Crippen molar-refractivity contribution in [2.45, 2.75) is 12.6 Å². The van der Waals surface area contributed by atoms with Gasteiger partial charge >= 0.3 is 0 Å². The van der Waals surface area contributed by atoms with E-state index in [1.165, 1.54) is 23.4 Å². The maximum Gasteiger partial charge on any atom is 0.0452 e. The van der Waals surface area contributed by atoms with Crippen LogP contribution in [-0.4, -0.2) is 29.6 Å². The van der Waals surface area contributed by atoms with Gasteiger partial charge in [-0.3, -0.25) is 4.90 Å². The molecule has 2 nitrogen and oxygen atoms in total. The quantitative estimate of drug-likeness (QED) is 0.878. The van der Waals surface area contributed by atoms with Gasteiger partial charge in [-0.2, -0.15) is 0 Å². The summed E-state index contributed by atoms with van der Waals surface area (Å²) in [5, 5.41) is 3.73. The molecule has 2 aromatic carbocycles. The summed E-state index contributed by atoms with van der Waals surface area (Å²) in [5.74, 6) is 2.43. The normalized spacial score (nSPS) is 17.0. The molecule has 0 aliphatic carbocycles. The number of thioether (sulfide) groups is 1. The highest BCUT2D eigenvalue weighted by molar-refractivity contribution is 7.99. The van der Waals surface area contributed by atoms with Gasteiger partial charge in [0.2, 0.25) is 0 Å². The lowest BCUT2D eigenvalue weighted by Gasteiger charge is -2.24. The molecule has 1 heterocycles. The van der Waals surface area contributed by atoms with Crippen LogP contribution in [0.1, 0.15) is 17.2 Å². The van der Waals surface area contributed by atoms with Crippen molar-refractivity contribution < 1.29 is 0 Å². The van der Waals surface area contributed by atoms with E-state index in [-0.39, 0.29) is 0 Å². The van der Waals surface area contributed by atoms with Gasteiger partial charge in [0, 0.05) is 37.3 Å². The summed E-state index contributed by atoms with van der Waals surface area (Å²) in [6.45, 7) is 3.21. The molecule has 3 heteroatoms. The van der Waals surface area contributed by atoms with Crippen LogP contribution in [0, 0.1) is 0 Å². The molecule has 1 aliphatic rings. The highest BCUT2D eigenvalue weighted by Gasteiger charge is 2.18. The topological polar surface area (TPSA) is 15.3 Å². The van der Waals surface area contributed by atoms with Crippen LogP contribution < -0.4 is 5.32 Å². The van der Waals surface area contributed by atoms with Crippen LogP contribution in [0.15, 0.2) is 60.7 Å². The van der Waals surface area contributed by atoms with E-state index in [1.807, 2.05) is 11.8 Å². The van der Waals surface area contributed by atoms with Crippen LogP contribution >= 0.6 is 11.8 Å². The van der Waals surface area contributed by atoms with Gasteiger partial charge < -0.3 is 5.32 Å². The zero-order chi connectivity index (χ0) is 14.3. The maximum atomic E-state index is 3.73. The van der Waals surface area contributed by atoms with Crippen LogP contribution in [0.3, 0.4) is 0 Å². The Morgan fingerprint density at radius 1 is 1.00 bits per heavy atom. The van der Waals surface area contributed by atoms with Crippen LogP contribution in [0.5, 0.6) is 0 Å². The molecule has 1 saturated heterocycles. The van der Waals surface area contributed by atoms with E-state index < -0.39 is 0 Å². The van der Waals surface area contributed by atoms with Crippen molar-refractivity contribution in [3.05, 3.63) is 71.8 Å². The van der Waals surface area contributed by atoms with Crippen molar-refractivity contribution in [2.75, 3.05) is 24.7 Å². The summed E-state index contributed by atoms with van der Waals surface area (Å²) in [7, 11) is 0. The molecule has 2 aromatic rings. The predicted molar refractivity (Wildman–Crippen MR) is 91.4 cm³/mol. The lowest BCUT2D eigenvalue weighted by Crippen LogP contribution is -2.33. The predicted octanol–water partition coefficient (Wildman–Crippen LogP) is 3.52. The Morgan fingerprint density at radius 2 is 1.71 bits per heavy atom. The third-order valence-corrected chi connectivity index (χ3v) is 4.88. The molecule has 1 atom stereocenters. The number of nitrogens with zero attached hydrogens (tertiary/aromatic N) is 1. The average molecular weight is 298 g/mol. The highest BCUT2D eigenvalue weighted by atomic mass is 32.2. The van der Waals surface area contributed by atoms with Crippen molar-refractivity contribution >= 4 is 11.8 Å². The van der Waals surface area contributed by atoms with E-state index in [9.17, 15) is 0 Å². The van der Waals surface area contributed by atoms with E-state index in [4.69, 9.17) is 0 Å². The first-order valence-electron chi connectivity index (χ1n) is 7.54. The maximum absolute atomic E-state index is 3.73. The highest BCUT2D eigenvalue weighted by Crippen LogP contribution is 2.20. The van der Waals surface area contributed by atoms with Gasteiger partial charge in [-0.25, -0.2) is 0 Å². The molecule has 0 bridgehead atoms. The van der Waals surface area contributed by atoms with Gasteiger partial charge in [-0.1, -0.05) is 60.7 Å². The van der Waals surface area contributed by atoms with Crippen molar-refractivity contribution in [3.8, 4) is 0 Å². The summed E-state index contributed by atoms with van der Waals surface area (Å²) < 4.78 is 0. The van der Waals surface area contributed by atoms with Crippen LogP contribution in [0.4, 0.5) is 0 Å². The minimum Gasteiger partial charge on any atom is -0.305 e. The fourth-order valence-electron chi connectivity index (χ4n) is 2.66. The van der Waals surface area contributed by atoms with Gasteiger partial charge in [0.1, 0.15) is 0 Å². The van der Waals surface area contributed by atoms with Gasteiger partial charge in [-0.05, 0) is 11.1 Å². The second-order valence-corrected chi connectivity index (χ2v) is 6.52. The van der Waals surface area contributed by atoms with Crippen molar-refractivity contribution in [1.82, 2.24) is 10.2 Å². The van der Waals surface area contributed by atoms with Gasteiger partial charge in [-0.15, -0.1) is 11.8 Å². The molecule has 0 amide bonds. The second kappa shape index (κ2) is 7.64. The first kappa shape index (κ1) is 14.6. The number of nitrogens with one attached hydrogen (secondary N) is 1. The van der Waals surface area contributed by atoms with Crippen LogP contribution in [0.2, 0.25) is 0 Å². The molecule has 0 aromatic heterocycles. The Labute approximate surface area is 131 Å². The Balaban J connectivity index is 1.66. The molecule has 1 unspecified atom stereocenters. The van der Waals surface area contributed by atoms with E-state index in [1.54, 1.807) is 0 Å². The monoisotopic (exact) mass is 298 g/mol. The summed E-state index contributed by atoms with van der Waals surface area (Å²) in [5.41, 5.74) is 2.72. The van der Waals surface area contributed by atoms with E-state index >= 15 is 0 Å². The third-order valence-electron chi connectivity index (χ3n) is 3.86. The Morgan fingerprint density at radius 3 is 2.38 bits per heavy atom. The summed E-state index contributed by atoms with van der Waals surface area (Å²) in [4.78, 5) is 2.54. The summed E-state index contributed by atoms with van der Waals surface area (Å²) >= 11 is 2.03. The number of hydrogen-bond donors (Lipinski definition) is 1. The molecule has 3 rings (SSSR count). The molecule has 1 aliphatic heterocycles. The van der Waals surface area contributed by atoms with Crippen LogP contribution in [0.25, 0.3) is 0 Å². The third kappa shape index (κ3) is 4.34. The number of benzene rings is 2. The molecule has 1 N–H and O–H groups in total. The average Bonchev–Trinajstić information content (AvgIpc) is 3.06.